The molecule has 1 fully saturated rings. The van der Waals surface area contributed by atoms with Crippen LogP contribution in [0.3, 0.4) is 0 Å². The van der Waals surface area contributed by atoms with Gasteiger partial charge in [-0.25, -0.2) is 4.68 Å². The van der Waals surface area contributed by atoms with Gasteiger partial charge in [-0.05, 0) is 85.1 Å². The number of ether oxygens (including phenoxy) is 1. The van der Waals surface area contributed by atoms with Gasteiger partial charge in [-0.1, -0.05) is 42.8 Å². The summed E-state index contributed by atoms with van der Waals surface area (Å²) in [7, 11) is 1.72. The zero-order valence-electron chi connectivity index (χ0n) is 20.5. The summed E-state index contributed by atoms with van der Waals surface area (Å²) in [5, 5.41) is 4.40. The van der Waals surface area contributed by atoms with Gasteiger partial charge in [0.25, 0.3) is 0 Å². The van der Waals surface area contributed by atoms with Crippen molar-refractivity contribution in [1.82, 2.24) is 14.7 Å². The molecule has 0 spiro atoms. The fourth-order valence-corrected chi connectivity index (χ4v) is 4.90. The highest BCUT2D eigenvalue weighted by molar-refractivity contribution is 5.51. The number of aromatic nitrogens is 2. The highest BCUT2D eigenvalue weighted by atomic mass is 16.5. The lowest BCUT2D eigenvalue weighted by molar-refractivity contribution is 0.221. The Kier molecular flexibility index (Phi) is 7.44. The van der Waals surface area contributed by atoms with Crippen molar-refractivity contribution in [3.05, 3.63) is 108 Å². The molecule has 0 saturated carbocycles. The van der Waals surface area contributed by atoms with E-state index in [1.165, 1.54) is 54.7 Å². The molecule has 1 aromatic heterocycles. The first kappa shape index (κ1) is 23.2. The van der Waals surface area contributed by atoms with Gasteiger partial charge in [0.1, 0.15) is 5.75 Å². The highest BCUT2D eigenvalue weighted by Gasteiger charge is 2.14. The van der Waals surface area contributed by atoms with Crippen molar-refractivity contribution < 1.29 is 4.74 Å². The Morgan fingerprint density at radius 2 is 1.54 bits per heavy atom. The predicted molar refractivity (Wildman–Crippen MR) is 142 cm³/mol. The van der Waals surface area contributed by atoms with Crippen molar-refractivity contribution in [2.45, 2.75) is 38.9 Å². The fraction of sp³-hybridized carbons (Fsp3) is 0.300. The van der Waals surface area contributed by atoms with E-state index < -0.39 is 0 Å². The Morgan fingerprint density at radius 3 is 2.31 bits per heavy atom. The molecular weight excluding hydrogens is 432 g/mol. The Balaban J connectivity index is 1.42. The minimum absolute atomic E-state index is 0.802. The lowest BCUT2D eigenvalue weighted by atomic mass is 10.1. The van der Waals surface area contributed by atoms with Gasteiger partial charge in [0, 0.05) is 37.7 Å². The summed E-state index contributed by atoms with van der Waals surface area (Å²) in [5.41, 5.74) is 6.18. The summed E-state index contributed by atoms with van der Waals surface area (Å²) in [6.45, 7) is 5.04. The maximum absolute atomic E-state index is 5.49. The monoisotopic (exact) mass is 466 g/mol. The van der Waals surface area contributed by atoms with Crippen LogP contribution in [-0.2, 0) is 19.6 Å². The van der Waals surface area contributed by atoms with Crippen LogP contribution < -0.4 is 9.64 Å². The lowest BCUT2D eigenvalue weighted by Crippen LogP contribution is -2.29. The molecule has 0 atom stereocenters. The van der Waals surface area contributed by atoms with E-state index in [4.69, 9.17) is 4.74 Å². The number of benzene rings is 3. The summed E-state index contributed by atoms with van der Waals surface area (Å²) in [5.74, 6) is 0.891. The zero-order chi connectivity index (χ0) is 23.9. The molecule has 0 N–H and O–H groups in total. The maximum Gasteiger partial charge on any atom is 0.119 e. The zero-order valence-corrected chi connectivity index (χ0v) is 20.5. The topological polar surface area (TPSA) is 33.5 Å². The molecule has 1 aliphatic heterocycles. The number of anilines is 1. The Morgan fingerprint density at radius 1 is 0.800 bits per heavy atom. The van der Waals surface area contributed by atoms with E-state index in [9.17, 15) is 0 Å². The van der Waals surface area contributed by atoms with Gasteiger partial charge in [0.15, 0.2) is 0 Å². The first-order chi connectivity index (χ1) is 17.3. The van der Waals surface area contributed by atoms with E-state index in [1.54, 1.807) is 7.11 Å². The minimum atomic E-state index is 0.802. The minimum Gasteiger partial charge on any atom is -0.497 e. The second-order valence-corrected chi connectivity index (χ2v) is 9.33. The Hall–Kier alpha value is -3.57. The molecule has 2 heterocycles. The van der Waals surface area contributed by atoms with Gasteiger partial charge in [-0.15, -0.1) is 0 Å². The summed E-state index contributed by atoms with van der Waals surface area (Å²) >= 11 is 0. The lowest BCUT2D eigenvalue weighted by Gasteiger charge is -2.28. The van der Waals surface area contributed by atoms with Crippen LogP contribution in [0.1, 0.15) is 36.0 Å². The summed E-state index contributed by atoms with van der Waals surface area (Å²) in [6, 6.07) is 28.0. The SMILES string of the molecule is COc1cccc(CN(Cc2cccc(-n3cccn3)c2)c2cccc(CN3CCCCC3)c2)c1. The number of hydrogen-bond acceptors (Lipinski definition) is 4. The number of likely N-dealkylation sites (tertiary alicyclic amines) is 1. The summed E-state index contributed by atoms with van der Waals surface area (Å²) in [6.07, 6.45) is 7.79. The van der Waals surface area contributed by atoms with Crippen LogP contribution in [0.2, 0.25) is 0 Å². The molecular formula is C30H34N4O. The quantitative estimate of drug-likeness (QED) is 0.300. The molecule has 5 heteroatoms. The molecule has 0 radical (unpaired) electrons. The predicted octanol–water partition coefficient (Wildman–Crippen LogP) is 6.07. The van der Waals surface area contributed by atoms with E-state index >= 15 is 0 Å². The number of nitrogens with zero attached hydrogens (tertiary/aromatic N) is 4. The third-order valence-electron chi connectivity index (χ3n) is 6.69. The van der Waals surface area contributed by atoms with Gasteiger partial charge in [0.2, 0.25) is 0 Å². The normalized spacial score (nSPS) is 14.1. The van der Waals surface area contributed by atoms with Crippen LogP contribution in [-0.4, -0.2) is 34.9 Å². The molecule has 4 aromatic rings. The van der Waals surface area contributed by atoms with Crippen LogP contribution >= 0.6 is 0 Å². The second-order valence-electron chi connectivity index (χ2n) is 9.33. The number of hydrogen-bond donors (Lipinski definition) is 0. The van der Waals surface area contributed by atoms with Crippen molar-refractivity contribution in [2.24, 2.45) is 0 Å². The Labute approximate surface area is 208 Å². The summed E-state index contributed by atoms with van der Waals surface area (Å²) < 4.78 is 7.40. The van der Waals surface area contributed by atoms with E-state index in [0.717, 1.165) is 31.1 Å². The summed E-state index contributed by atoms with van der Waals surface area (Å²) in [4.78, 5) is 5.04. The largest absolute Gasteiger partial charge is 0.497 e. The molecule has 5 nitrogen and oxygen atoms in total. The molecule has 3 aromatic carbocycles. The molecule has 5 rings (SSSR count). The van der Waals surface area contributed by atoms with Crippen molar-refractivity contribution in [2.75, 3.05) is 25.1 Å². The fourth-order valence-electron chi connectivity index (χ4n) is 4.90. The maximum atomic E-state index is 5.49. The standard InChI is InChI=1S/C30H34N4O/c1-35-30-14-7-11-27(21-30)24-33(23-26-10-6-13-29(20-26)34-18-8-15-31-34)28-12-5-9-25(19-28)22-32-16-3-2-4-17-32/h5-15,18-21H,2-4,16-17,22-24H2,1H3. The second kappa shape index (κ2) is 11.2. The average Bonchev–Trinajstić information content (AvgIpc) is 3.45. The van der Waals surface area contributed by atoms with Crippen molar-refractivity contribution in [3.63, 3.8) is 0 Å². The molecule has 0 unspecified atom stereocenters. The molecule has 0 bridgehead atoms. The smallest absolute Gasteiger partial charge is 0.119 e. The van der Waals surface area contributed by atoms with E-state index in [0.29, 0.717) is 0 Å². The first-order valence-electron chi connectivity index (χ1n) is 12.5. The van der Waals surface area contributed by atoms with E-state index in [-0.39, 0.29) is 0 Å². The van der Waals surface area contributed by atoms with Crippen LogP contribution in [0.25, 0.3) is 5.69 Å². The van der Waals surface area contributed by atoms with Crippen LogP contribution in [0.5, 0.6) is 5.75 Å². The van der Waals surface area contributed by atoms with Crippen molar-refractivity contribution in [1.29, 1.82) is 0 Å². The molecule has 35 heavy (non-hydrogen) atoms. The number of methoxy groups -OCH3 is 1. The van der Waals surface area contributed by atoms with E-state index in [2.05, 4.69) is 81.6 Å². The molecule has 180 valence electrons. The number of piperidine rings is 1. The van der Waals surface area contributed by atoms with Gasteiger partial charge in [0.05, 0.1) is 12.8 Å². The van der Waals surface area contributed by atoms with Crippen molar-refractivity contribution in [3.8, 4) is 11.4 Å². The third kappa shape index (κ3) is 6.11. The van der Waals surface area contributed by atoms with Gasteiger partial charge < -0.3 is 9.64 Å². The molecule has 1 saturated heterocycles. The van der Waals surface area contributed by atoms with Gasteiger partial charge in [-0.2, -0.15) is 5.10 Å². The highest BCUT2D eigenvalue weighted by Crippen LogP contribution is 2.25. The molecule has 0 amide bonds. The Bertz CT molecular complexity index is 1210. The number of rotatable bonds is 9. The molecule has 0 aliphatic carbocycles. The van der Waals surface area contributed by atoms with Gasteiger partial charge >= 0.3 is 0 Å². The van der Waals surface area contributed by atoms with Gasteiger partial charge in [-0.3, -0.25) is 4.90 Å². The van der Waals surface area contributed by atoms with Crippen LogP contribution in [0, 0.1) is 0 Å². The molecule has 1 aliphatic rings. The average molecular weight is 467 g/mol. The first-order valence-corrected chi connectivity index (χ1v) is 12.5. The van der Waals surface area contributed by atoms with Crippen LogP contribution in [0.4, 0.5) is 5.69 Å². The van der Waals surface area contributed by atoms with Crippen LogP contribution in [0.15, 0.2) is 91.3 Å². The van der Waals surface area contributed by atoms with E-state index in [1.807, 2.05) is 29.2 Å². The third-order valence-corrected chi connectivity index (χ3v) is 6.69. The van der Waals surface area contributed by atoms with Crippen molar-refractivity contribution >= 4 is 5.69 Å².